The summed E-state index contributed by atoms with van der Waals surface area (Å²) in [5, 5.41) is 0. The lowest BCUT2D eigenvalue weighted by atomic mass is 15.8. The summed E-state index contributed by atoms with van der Waals surface area (Å²) in [5.41, 5.74) is 0. The van der Waals surface area contributed by atoms with Crippen molar-refractivity contribution in [2.45, 2.75) is 0 Å². The van der Waals surface area contributed by atoms with Gasteiger partial charge >= 0.3 is 0 Å². The highest BCUT2D eigenvalue weighted by molar-refractivity contribution is 8.05. The van der Waals surface area contributed by atoms with Crippen LogP contribution in [-0.2, 0) is 23.6 Å². The van der Waals surface area contributed by atoms with Crippen molar-refractivity contribution in [1.29, 1.82) is 0 Å². The Morgan fingerprint density at radius 2 is 0.900 bits per heavy atom. The van der Waals surface area contributed by atoms with Crippen LogP contribution in [0.1, 0.15) is 0 Å². The van der Waals surface area contributed by atoms with E-state index in [4.69, 9.17) is 29.4 Å². The first-order valence-electron chi connectivity index (χ1n) is 1.51. The third-order valence-corrected chi connectivity index (χ3v) is 0. The summed E-state index contributed by atoms with van der Waals surface area (Å²) in [6.45, 7) is -8.36. The van der Waals surface area contributed by atoms with E-state index in [2.05, 4.69) is 23.6 Å². The molecule has 3 N–H and O–H groups in total. The molecule has 0 saturated carbocycles. The number of hydrogen-bond acceptors (Lipinski definition) is 5. The molecule has 0 aromatic heterocycles. The van der Waals surface area contributed by atoms with Crippen LogP contribution in [0.3, 0.4) is 0 Å². The minimum atomic E-state index is -4.31. The predicted molar refractivity (Wildman–Crippen MR) is 35.2 cm³/mol. The summed E-state index contributed by atoms with van der Waals surface area (Å²) < 4.78 is 0. The van der Waals surface area contributed by atoms with Crippen molar-refractivity contribution in [2.75, 3.05) is 0 Å². The Balaban J connectivity index is 0. The van der Waals surface area contributed by atoms with Crippen LogP contribution >= 0.6 is 13.4 Å². The van der Waals surface area contributed by atoms with Crippen LogP contribution in [0.4, 0.5) is 0 Å². The highest BCUT2D eigenvalue weighted by atomic mass is 32.5. The normalized spacial score (nSPS) is 11.8. The lowest BCUT2D eigenvalue weighted by molar-refractivity contribution is -0.316. The van der Waals surface area contributed by atoms with Gasteiger partial charge in [-0.15, -0.1) is 11.8 Å². The largest absolute Gasteiger partial charge is 0.812 e. The maximum absolute atomic E-state index is 9.14. The molecule has 0 aliphatic heterocycles. The topological polar surface area (TPSA) is 130 Å². The van der Waals surface area contributed by atoms with E-state index < -0.39 is 13.4 Å². The highest BCUT2D eigenvalue weighted by Crippen LogP contribution is 2.19. The Labute approximate surface area is 66.9 Å². The molecule has 64 valence electrons. The van der Waals surface area contributed by atoms with Gasteiger partial charge in [0.25, 0.3) is 0 Å². The second-order valence-electron chi connectivity index (χ2n) is 0.959. The van der Waals surface area contributed by atoms with Gasteiger partial charge in [-0.05, 0) is 0 Å². The van der Waals surface area contributed by atoms with Crippen molar-refractivity contribution in [2.24, 2.45) is 0 Å². The van der Waals surface area contributed by atoms with Crippen molar-refractivity contribution in [1.82, 2.24) is 0 Å². The summed E-state index contributed by atoms with van der Waals surface area (Å²) in [7, 11) is 0. The first-order chi connectivity index (χ1) is 4.00. The molecule has 0 aliphatic rings. The molecule has 0 unspecified atom stereocenters. The average molecular weight is 225 g/mol. The van der Waals surface area contributed by atoms with E-state index in [1.165, 1.54) is 0 Å². The molecule has 10 heavy (non-hydrogen) atoms. The fourth-order valence-corrected chi connectivity index (χ4v) is 0. The molecular formula is H3O6P2S2-3. The van der Waals surface area contributed by atoms with Gasteiger partial charge in [0.1, 0.15) is 6.72 Å². The Hall–Kier alpha value is 1.06. The summed E-state index contributed by atoms with van der Waals surface area (Å²) in [5.74, 6) is 0. The Morgan fingerprint density at radius 3 is 0.900 bits per heavy atom. The molecule has 0 amide bonds. The van der Waals surface area contributed by atoms with Crippen LogP contribution in [0.5, 0.6) is 0 Å². The van der Waals surface area contributed by atoms with Crippen LogP contribution in [0.15, 0.2) is 0 Å². The Morgan fingerprint density at radius 1 is 0.900 bits per heavy atom. The zero-order valence-electron chi connectivity index (χ0n) is 4.28. The van der Waals surface area contributed by atoms with Crippen molar-refractivity contribution in [3.63, 3.8) is 0 Å². The van der Waals surface area contributed by atoms with Gasteiger partial charge < -0.3 is 29.4 Å². The molecule has 0 rings (SSSR count). The molecule has 0 aromatic carbocycles. The average Bonchev–Trinajstić information content (AvgIpc) is 1.12. The molecule has 6 nitrogen and oxygen atoms in total. The Bertz CT molecular complexity index is 126. The minimum absolute atomic E-state index is 3.38. The second kappa shape index (κ2) is 4.84. The highest BCUT2D eigenvalue weighted by Gasteiger charge is 1.74. The lowest BCUT2D eigenvalue weighted by Gasteiger charge is -2.25. The first-order valence-corrected chi connectivity index (χ1v) is 6.73. The van der Waals surface area contributed by atoms with Crippen LogP contribution in [0, 0.1) is 0 Å². The van der Waals surface area contributed by atoms with E-state index in [0.717, 1.165) is 0 Å². The molecule has 0 saturated heterocycles. The maximum Gasteiger partial charge on any atom is 0.109 e. The zero-order valence-corrected chi connectivity index (χ0v) is 7.70. The molecule has 0 bridgehead atoms. The van der Waals surface area contributed by atoms with Gasteiger partial charge in [0.15, 0.2) is 0 Å². The molecule has 0 aromatic rings. The Kier molecular flexibility index (Phi) is 6.60. The summed E-state index contributed by atoms with van der Waals surface area (Å²) in [6.07, 6.45) is 0. The van der Waals surface area contributed by atoms with Crippen molar-refractivity contribution in [3.8, 4) is 0 Å². The molecule has 0 fully saturated rings. The third-order valence-electron chi connectivity index (χ3n) is 0. The van der Waals surface area contributed by atoms with Gasteiger partial charge in [-0.1, -0.05) is 18.5 Å². The number of rotatable bonds is 0. The standard InChI is InChI=1S/2H3O3PS/c2*1-4(2,3)5/h2*(H3,1,2,3,5)/p-3. The van der Waals surface area contributed by atoms with Gasteiger partial charge in [-0.25, -0.2) is 0 Å². The van der Waals surface area contributed by atoms with E-state index in [9.17, 15) is 0 Å². The fourth-order valence-electron chi connectivity index (χ4n) is 0. The van der Waals surface area contributed by atoms with E-state index in [-0.39, 0.29) is 0 Å². The molecular weight excluding hydrogens is 222 g/mol. The monoisotopic (exact) mass is 225 g/mol. The van der Waals surface area contributed by atoms with E-state index in [1.807, 2.05) is 0 Å². The lowest BCUT2D eigenvalue weighted by Crippen LogP contribution is -2.10. The smallest absolute Gasteiger partial charge is 0.109 e. The summed E-state index contributed by atoms with van der Waals surface area (Å²) in [4.78, 5) is 49.4. The van der Waals surface area contributed by atoms with Gasteiger partial charge in [-0.3, -0.25) is 0 Å². The SMILES string of the molecule is [O-]P(O)(O)=S.[O-]P([O-])(O)=S. The molecule has 0 radical (unpaired) electrons. The van der Waals surface area contributed by atoms with Gasteiger partial charge in [0.2, 0.25) is 0 Å². The maximum atomic E-state index is 9.14. The van der Waals surface area contributed by atoms with Crippen LogP contribution < -0.4 is 14.7 Å². The van der Waals surface area contributed by atoms with Crippen molar-refractivity contribution in [3.05, 3.63) is 0 Å². The summed E-state index contributed by atoms with van der Waals surface area (Å²) in [6, 6.07) is 0. The van der Waals surface area contributed by atoms with E-state index in [0.29, 0.717) is 0 Å². The predicted octanol–water partition coefficient (Wildman–Crippen LogP) is -3.52. The second-order valence-corrected chi connectivity index (χ2v) is 5.69. The van der Waals surface area contributed by atoms with Crippen LogP contribution in [-0.4, -0.2) is 14.7 Å². The van der Waals surface area contributed by atoms with Gasteiger partial charge in [0, 0.05) is 0 Å². The third kappa shape index (κ3) is 524. The molecule has 0 heterocycles. The van der Waals surface area contributed by atoms with Crippen LogP contribution in [0.25, 0.3) is 0 Å². The van der Waals surface area contributed by atoms with Crippen molar-refractivity contribution < 1.29 is 29.4 Å². The minimum Gasteiger partial charge on any atom is -0.812 e. The van der Waals surface area contributed by atoms with Crippen molar-refractivity contribution >= 4 is 37.1 Å². The number of hydrogen-bond donors (Lipinski definition) is 3. The van der Waals surface area contributed by atoms with E-state index >= 15 is 0 Å². The van der Waals surface area contributed by atoms with Gasteiger partial charge in [0.05, 0.1) is 0 Å². The molecule has 0 atom stereocenters. The molecule has 0 aliphatic carbocycles. The quantitative estimate of drug-likeness (QED) is 0.362. The molecule has 10 heteroatoms. The van der Waals surface area contributed by atoms with E-state index in [1.54, 1.807) is 0 Å². The van der Waals surface area contributed by atoms with Gasteiger partial charge in [-0.2, -0.15) is 0 Å². The van der Waals surface area contributed by atoms with Crippen LogP contribution in [0.2, 0.25) is 0 Å². The fraction of sp³-hybridized carbons (Fsp3) is 0. The first kappa shape index (κ1) is 13.6. The zero-order chi connectivity index (χ0) is 9.00. The summed E-state index contributed by atoms with van der Waals surface area (Å²) >= 11 is 6.88. The molecule has 0 spiro atoms.